The number of allylic oxidation sites excluding steroid dienone is 4. The van der Waals surface area contributed by atoms with Crippen LogP contribution in [0.25, 0.3) is 0 Å². The number of nitrogens with zero attached hydrogens (tertiary/aromatic N) is 4. The van der Waals surface area contributed by atoms with Crippen molar-refractivity contribution in [3.05, 3.63) is 52.7 Å². The van der Waals surface area contributed by atoms with Crippen molar-refractivity contribution in [1.29, 1.82) is 15.8 Å². The lowest BCUT2D eigenvalue weighted by Gasteiger charge is -2.43. The third kappa shape index (κ3) is 2.43. The number of rotatable bonds is 2. The van der Waals surface area contributed by atoms with Gasteiger partial charge in [0.15, 0.2) is 5.41 Å². The van der Waals surface area contributed by atoms with Crippen LogP contribution in [0.15, 0.2) is 47.2 Å². The third-order valence-electron chi connectivity index (χ3n) is 5.57. The lowest BCUT2D eigenvalue weighted by molar-refractivity contribution is 0.317. The highest BCUT2D eigenvalue weighted by Crippen LogP contribution is 2.55. The summed E-state index contributed by atoms with van der Waals surface area (Å²) in [5, 5.41) is 29.6. The fraction of sp³-hybridized carbons (Fsp3) is 0.381. The summed E-state index contributed by atoms with van der Waals surface area (Å²) in [4.78, 5) is 2.00. The molecule has 5 nitrogen and oxygen atoms in total. The molecule has 3 rings (SSSR count). The Bertz CT molecular complexity index is 886. The second-order valence-corrected chi connectivity index (χ2v) is 7.09. The molecular weight excluding hydrogens is 322 g/mol. The molecule has 0 radical (unpaired) electrons. The average Bonchev–Trinajstić information content (AvgIpc) is 2.67. The number of fused-ring (bicyclic) bond motifs is 1. The van der Waals surface area contributed by atoms with Gasteiger partial charge in [0.05, 0.1) is 23.4 Å². The Hall–Kier alpha value is -3.23. The van der Waals surface area contributed by atoms with Crippen LogP contribution in [0.1, 0.15) is 30.7 Å². The zero-order chi connectivity index (χ0) is 18.9. The molecule has 1 aromatic rings. The predicted molar refractivity (Wildman–Crippen MR) is 99.4 cm³/mol. The molecular formula is C21H21N5. The highest BCUT2D eigenvalue weighted by Gasteiger charge is 2.53. The molecule has 2 atom stereocenters. The number of hydrogen-bond acceptors (Lipinski definition) is 5. The number of nitrogens with two attached hydrogens (primary N) is 1. The Kier molecular flexibility index (Phi) is 4.45. The lowest BCUT2D eigenvalue weighted by atomic mass is 9.57. The summed E-state index contributed by atoms with van der Waals surface area (Å²) >= 11 is 0. The number of benzene rings is 1. The third-order valence-corrected chi connectivity index (χ3v) is 5.57. The average molecular weight is 343 g/mol. The quantitative estimate of drug-likeness (QED) is 0.887. The molecule has 0 saturated carbocycles. The first-order valence-corrected chi connectivity index (χ1v) is 8.70. The van der Waals surface area contributed by atoms with Crippen LogP contribution in [0.5, 0.6) is 0 Å². The summed E-state index contributed by atoms with van der Waals surface area (Å²) in [5.41, 5.74) is 8.02. The van der Waals surface area contributed by atoms with E-state index in [0.717, 1.165) is 36.1 Å². The molecule has 2 aliphatic rings. The van der Waals surface area contributed by atoms with E-state index in [1.807, 2.05) is 43.3 Å². The largest absolute Gasteiger partial charge is 0.399 e. The van der Waals surface area contributed by atoms with Gasteiger partial charge in [0, 0.05) is 25.7 Å². The molecule has 0 aromatic heterocycles. The molecule has 0 fully saturated rings. The maximum absolute atomic E-state index is 9.97. The van der Waals surface area contributed by atoms with E-state index < -0.39 is 5.41 Å². The minimum atomic E-state index is -1.52. The predicted octanol–water partition coefficient (Wildman–Crippen LogP) is 3.35. The van der Waals surface area contributed by atoms with Gasteiger partial charge in [-0.15, -0.1) is 0 Å². The van der Waals surface area contributed by atoms with Gasteiger partial charge in [0.1, 0.15) is 6.07 Å². The van der Waals surface area contributed by atoms with E-state index >= 15 is 0 Å². The first-order chi connectivity index (χ1) is 12.5. The summed E-state index contributed by atoms with van der Waals surface area (Å²) in [5.74, 6) is -0.424. The van der Waals surface area contributed by atoms with Crippen molar-refractivity contribution in [3.8, 4) is 18.2 Å². The topological polar surface area (TPSA) is 101 Å². The highest BCUT2D eigenvalue weighted by atomic mass is 15.1. The van der Waals surface area contributed by atoms with Crippen molar-refractivity contribution in [2.75, 3.05) is 19.0 Å². The van der Waals surface area contributed by atoms with Gasteiger partial charge < -0.3 is 10.6 Å². The van der Waals surface area contributed by atoms with Crippen LogP contribution in [0.2, 0.25) is 0 Å². The summed E-state index contributed by atoms with van der Waals surface area (Å²) < 4.78 is 0. The molecule has 0 spiro atoms. The van der Waals surface area contributed by atoms with Crippen LogP contribution >= 0.6 is 0 Å². The van der Waals surface area contributed by atoms with Crippen molar-refractivity contribution in [3.63, 3.8) is 0 Å². The van der Waals surface area contributed by atoms with Crippen molar-refractivity contribution < 1.29 is 0 Å². The smallest absolute Gasteiger partial charge is 0.191 e. The van der Waals surface area contributed by atoms with Crippen molar-refractivity contribution >= 4 is 5.69 Å². The molecule has 130 valence electrons. The second kappa shape index (κ2) is 6.58. The van der Waals surface area contributed by atoms with Gasteiger partial charge in [-0.3, -0.25) is 0 Å². The molecule has 0 unspecified atom stereocenters. The molecule has 1 aromatic carbocycles. The number of nitriles is 3. The Balaban J connectivity index is 2.25. The van der Waals surface area contributed by atoms with Crippen molar-refractivity contribution in [2.24, 2.45) is 17.1 Å². The van der Waals surface area contributed by atoms with E-state index in [1.54, 1.807) is 0 Å². The van der Waals surface area contributed by atoms with Crippen molar-refractivity contribution in [1.82, 2.24) is 0 Å². The van der Waals surface area contributed by atoms with E-state index in [4.69, 9.17) is 5.73 Å². The molecule has 0 bridgehead atoms. The van der Waals surface area contributed by atoms with E-state index in [9.17, 15) is 15.8 Å². The summed E-state index contributed by atoms with van der Waals surface area (Å²) in [6.45, 7) is 0. The van der Waals surface area contributed by atoms with E-state index in [2.05, 4.69) is 24.3 Å². The Morgan fingerprint density at radius 2 is 1.77 bits per heavy atom. The second-order valence-electron chi connectivity index (χ2n) is 7.09. The van der Waals surface area contributed by atoms with E-state index in [-0.39, 0.29) is 17.5 Å². The fourth-order valence-corrected chi connectivity index (χ4v) is 4.23. The highest BCUT2D eigenvalue weighted by molar-refractivity contribution is 5.59. The molecule has 26 heavy (non-hydrogen) atoms. The van der Waals surface area contributed by atoms with Gasteiger partial charge in [0.2, 0.25) is 0 Å². The summed E-state index contributed by atoms with van der Waals surface area (Å²) in [6, 6.07) is 14.4. The van der Waals surface area contributed by atoms with Gasteiger partial charge in [-0.25, -0.2) is 0 Å². The normalized spacial score (nSPS) is 23.7. The standard InChI is InChI=1S/C21H21N5/c1-26(2)15-9-7-14(8-10-15)19-17-6-4-3-5-16(17)18(11-22)20(25)21(19,12-23)13-24/h5,7-10,17,19H,3-4,6,25H2,1-2H3/t17-,19+/m1/s1. The molecule has 0 aliphatic heterocycles. The lowest BCUT2D eigenvalue weighted by Crippen LogP contribution is -2.42. The SMILES string of the molecule is CN(C)c1ccc([C@H]2[C@@H]3CCCC=C3C(C#N)=C(N)C2(C#N)C#N)cc1. The summed E-state index contributed by atoms with van der Waals surface area (Å²) in [6.07, 6.45) is 4.77. The first kappa shape index (κ1) is 17.6. The maximum Gasteiger partial charge on any atom is 0.191 e. The van der Waals surface area contributed by atoms with Crippen LogP contribution in [-0.4, -0.2) is 14.1 Å². The Morgan fingerprint density at radius 1 is 1.12 bits per heavy atom. The van der Waals surface area contributed by atoms with Crippen LogP contribution < -0.4 is 10.6 Å². The maximum atomic E-state index is 9.97. The monoisotopic (exact) mass is 343 g/mol. The minimum absolute atomic E-state index is 0.0461. The summed E-state index contributed by atoms with van der Waals surface area (Å²) in [7, 11) is 3.93. The van der Waals surface area contributed by atoms with Crippen LogP contribution in [0.4, 0.5) is 5.69 Å². The zero-order valence-corrected chi connectivity index (χ0v) is 15.0. The van der Waals surface area contributed by atoms with Crippen molar-refractivity contribution in [2.45, 2.75) is 25.2 Å². The molecule has 0 heterocycles. The number of hydrogen-bond donors (Lipinski definition) is 1. The molecule has 2 aliphatic carbocycles. The Morgan fingerprint density at radius 3 is 2.31 bits per heavy atom. The van der Waals surface area contributed by atoms with Gasteiger partial charge in [-0.2, -0.15) is 15.8 Å². The fourth-order valence-electron chi connectivity index (χ4n) is 4.23. The Labute approximate surface area is 154 Å². The van der Waals surface area contributed by atoms with Crippen LogP contribution in [0, 0.1) is 45.3 Å². The zero-order valence-electron chi connectivity index (χ0n) is 15.0. The van der Waals surface area contributed by atoms with Crippen LogP contribution in [0.3, 0.4) is 0 Å². The van der Waals surface area contributed by atoms with Gasteiger partial charge in [-0.1, -0.05) is 18.2 Å². The van der Waals surface area contributed by atoms with E-state index in [1.165, 1.54) is 0 Å². The van der Waals surface area contributed by atoms with Gasteiger partial charge >= 0.3 is 0 Å². The minimum Gasteiger partial charge on any atom is -0.399 e. The number of anilines is 1. The van der Waals surface area contributed by atoms with Crippen LogP contribution in [-0.2, 0) is 0 Å². The molecule has 2 N–H and O–H groups in total. The molecule has 0 amide bonds. The first-order valence-electron chi connectivity index (χ1n) is 8.70. The van der Waals surface area contributed by atoms with Gasteiger partial charge in [0.25, 0.3) is 0 Å². The van der Waals surface area contributed by atoms with E-state index in [0.29, 0.717) is 5.57 Å². The molecule has 5 heteroatoms. The molecule has 0 saturated heterocycles. The van der Waals surface area contributed by atoms with Gasteiger partial charge in [-0.05, 0) is 48.4 Å².